The van der Waals surface area contributed by atoms with Crippen molar-refractivity contribution >= 4 is 0 Å². The molecule has 0 bridgehead atoms. The summed E-state index contributed by atoms with van der Waals surface area (Å²) >= 11 is 0. The van der Waals surface area contributed by atoms with E-state index in [1.807, 2.05) is 0 Å². The first-order valence-corrected chi connectivity index (χ1v) is 6.43. The van der Waals surface area contributed by atoms with Crippen molar-refractivity contribution in [2.75, 3.05) is 19.8 Å². The molecule has 4 heteroatoms. The molecule has 100 valence electrons. The zero-order valence-corrected chi connectivity index (χ0v) is 10.9. The van der Waals surface area contributed by atoms with Crippen molar-refractivity contribution in [3.63, 3.8) is 0 Å². The SMILES string of the molecule is CCCNC1COCCc2c(F)cc(F)c(C)c21. The number of hydrogen-bond acceptors (Lipinski definition) is 2. The van der Waals surface area contributed by atoms with Gasteiger partial charge in [-0.2, -0.15) is 0 Å². The molecule has 18 heavy (non-hydrogen) atoms. The van der Waals surface area contributed by atoms with Crippen molar-refractivity contribution in [2.45, 2.75) is 32.7 Å². The Labute approximate surface area is 106 Å². The summed E-state index contributed by atoms with van der Waals surface area (Å²) in [6, 6.07) is 0.865. The number of hydrogen-bond donors (Lipinski definition) is 1. The normalized spacial score (nSPS) is 19.4. The molecule has 0 spiro atoms. The molecule has 0 aliphatic carbocycles. The van der Waals surface area contributed by atoms with Crippen LogP contribution in [0.15, 0.2) is 6.07 Å². The number of nitrogens with one attached hydrogen (secondary N) is 1. The van der Waals surface area contributed by atoms with Crippen molar-refractivity contribution < 1.29 is 13.5 Å². The minimum Gasteiger partial charge on any atom is -0.379 e. The minimum atomic E-state index is -0.476. The third kappa shape index (κ3) is 2.54. The van der Waals surface area contributed by atoms with Gasteiger partial charge in [0.25, 0.3) is 0 Å². The summed E-state index contributed by atoms with van der Waals surface area (Å²) < 4.78 is 33.0. The highest BCUT2D eigenvalue weighted by Gasteiger charge is 2.25. The fraction of sp³-hybridized carbons (Fsp3) is 0.571. The van der Waals surface area contributed by atoms with Crippen LogP contribution in [0.25, 0.3) is 0 Å². The zero-order chi connectivity index (χ0) is 13.1. The van der Waals surface area contributed by atoms with Crippen molar-refractivity contribution in [3.8, 4) is 0 Å². The molecule has 1 aromatic rings. The van der Waals surface area contributed by atoms with Crippen molar-refractivity contribution in [2.24, 2.45) is 0 Å². The average Bonchev–Trinajstić information content (AvgIpc) is 2.56. The highest BCUT2D eigenvalue weighted by atomic mass is 19.1. The second-order valence-corrected chi connectivity index (χ2v) is 4.69. The molecule has 1 N–H and O–H groups in total. The third-order valence-electron chi connectivity index (χ3n) is 3.40. The topological polar surface area (TPSA) is 21.3 Å². The summed E-state index contributed by atoms with van der Waals surface area (Å²) in [5.41, 5.74) is 1.88. The van der Waals surface area contributed by atoms with Gasteiger partial charge in [-0.1, -0.05) is 6.92 Å². The van der Waals surface area contributed by atoms with E-state index in [4.69, 9.17) is 4.74 Å². The first-order chi connectivity index (χ1) is 8.65. The van der Waals surface area contributed by atoms with E-state index in [0.29, 0.717) is 30.8 Å². The lowest BCUT2D eigenvalue weighted by Crippen LogP contribution is -2.27. The van der Waals surface area contributed by atoms with E-state index in [-0.39, 0.29) is 6.04 Å². The minimum absolute atomic E-state index is 0.118. The van der Waals surface area contributed by atoms with E-state index in [0.717, 1.165) is 24.6 Å². The smallest absolute Gasteiger partial charge is 0.129 e. The molecule has 1 aliphatic rings. The summed E-state index contributed by atoms with van der Waals surface area (Å²) in [6.45, 7) is 5.53. The first kappa shape index (κ1) is 13.4. The Kier molecular flexibility index (Phi) is 4.30. The van der Waals surface area contributed by atoms with Crippen LogP contribution in [-0.2, 0) is 11.2 Å². The first-order valence-electron chi connectivity index (χ1n) is 6.43. The predicted octanol–water partition coefficient (Wildman–Crippen LogP) is 2.89. The predicted molar refractivity (Wildman–Crippen MR) is 66.7 cm³/mol. The van der Waals surface area contributed by atoms with Crippen LogP contribution in [-0.4, -0.2) is 19.8 Å². The van der Waals surface area contributed by atoms with E-state index >= 15 is 0 Å². The average molecular weight is 255 g/mol. The Balaban J connectivity index is 2.44. The molecule has 2 nitrogen and oxygen atoms in total. The summed E-state index contributed by atoms with van der Waals surface area (Å²) in [5.74, 6) is -0.932. The molecule has 0 radical (unpaired) electrons. The van der Waals surface area contributed by atoms with Gasteiger partial charge in [-0.3, -0.25) is 0 Å². The monoisotopic (exact) mass is 255 g/mol. The lowest BCUT2D eigenvalue weighted by molar-refractivity contribution is 0.121. The number of rotatable bonds is 3. The van der Waals surface area contributed by atoms with Crippen LogP contribution in [0, 0.1) is 18.6 Å². The highest BCUT2D eigenvalue weighted by Crippen LogP contribution is 2.29. The van der Waals surface area contributed by atoms with Crippen molar-refractivity contribution in [3.05, 3.63) is 34.4 Å². The summed E-state index contributed by atoms with van der Waals surface area (Å²) in [5, 5.41) is 3.30. The molecular weight excluding hydrogens is 236 g/mol. The van der Waals surface area contributed by atoms with Crippen LogP contribution >= 0.6 is 0 Å². The lowest BCUT2D eigenvalue weighted by atomic mass is 9.93. The third-order valence-corrected chi connectivity index (χ3v) is 3.40. The zero-order valence-electron chi connectivity index (χ0n) is 10.9. The maximum absolute atomic E-state index is 13.9. The highest BCUT2D eigenvalue weighted by molar-refractivity contribution is 5.40. The van der Waals surface area contributed by atoms with Crippen molar-refractivity contribution in [1.29, 1.82) is 0 Å². The molecule has 0 saturated carbocycles. The molecule has 1 atom stereocenters. The van der Waals surface area contributed by atoms with Gasteiger partial charge in [0, 0.05) is 6.07 Å². The Bertz CT molecular complexity index is 434. The van der Waals surface area contributed by atoms with Gasteiger partial charge in [0.2, 0.25) is 0 Å². The van der Waals surface area contributed by atoms with Gasteiger partial charge in [0.05, 0.1) is 19.3 Å². The molecule has 2 rings (SSSR count). The quantitative estimate of drug-likeness (QED) is 0.896. The molecule has 0 saturated heterocycles. The molecular formula is C14H19F2NO. The van der Waals surface area contributed by atoms with Gasteiger partial charge in [0.1, 0.15) is 11.6 Å². The van der Waals surface area contributed by atoms with Gasteiger partial charge in [-0.15, -0.1) is 0 Å². The van der Waals surface area contributed by atoms with Crippen LogP contribution in [0.5, 0.6) is 0 Å². The van der Waals surface area contributed by atoms with Crippen LogP contribution < -0.4 is 5.32 Å². The van der Waals surface area contributed by atoms with E-state index in [1.54, 1.807) is 6.92 Å². The van der Waals surface area contributed by atoms with E-state index in [2.05, 4.69) is 12.2 Å². The number of benzene rings is 1. The number of fused-ring (bicyclic) bond motifs is 1. The molecule has 1 aromatic carbocycles. The Morgan fingerprint density at radius 3 is 2.89 bits per heavy atom. The van der Waals surface area contributed by atoms with Crippen LogP contribution in [0.3, 0.4) is 0 Å². The Morgan fingerprint density at radius 1 is 1.39 bits per heavy atom. The summed E-state index contributed by atoms with van der Waals surface area (Å²) in [6.07, 6.45) is 1.48. The molecule has 0 amide bonds. The van der Waals surface area contributed by atoms with Crippen LogP contribution in [0.4, 0.5) is 8.78 Å². The maximum atomic E-state index is 13.9. The molecule has 1 aliphatic heterocycles. The van der Waals surface area contributed by atoms with Gasteiger partial charge in [-0.05, 0) is 43.0 Å². The van der Waals surface area contributed by atoms with E-state index < -0.39 is 11.6 Å². The summed E-state index contributed by atoms with van der Waals surface area (Å²) in [4.78, 5) is 0. The van der Waals surface area contributed by atoms with E-state index in [9.17, 15) is 8.78 Å². The van der Waals surface area contributed by atoms with Gasteiger partial charge in [0.15, 0.2) is 0 Å². The summed E-state index contributed by atoms with van der Waals surface area (Å²) in [7, 11) is 0. The van der Waals surface area contributed by atoms with Crippen molar-refractivity contribution in [1.82, 2.24) is 5.32 Å². The van der Waals surface area contributed by atoms with Crippen LogP contribution in [0.2, 0.25) is 0 Å². The van der Waals surface area contributed by atoms with Gasteiger partial charge >= 0.3 is 0 Å². The van der Waals surface area contributed by atoms with E-state index in [1.165, 1.54) is 0 Å². The second kappa shape index (κ2) is 5.76. The standard InChI is InChI=1S/C14H19F2NO/c1-3-5-17-13-8-18-6-4-10-12(16)7-11(15)9(2)14(10)13/h7,13,17H,3-6,8H2,1-2H3. The molecule has 0 fully saturated rings. The largest absolute Gasteiger partial charge is 0.379 e. The van der Waals surface area contributed by atoms with Crippen LogP contribution in [0.1, 0.15) is 36.1 Å². The second-order valence-electron chi connectivity index (χ2n) is 4.69. The number of halogens is 2. The van der Waals surface area contributed by atoms with Gasteiger partial charge in [-0.25, -0.2) is 8.78 Å². The maximum Gasteiger partial charge on any atom is 0.129 e. The fourth-order valence-electron chi connectivity index (χ4n) is 2.45. The fourth-order valence-corrected chi connectivity index (χ4v) is 2.45. The molecule has 0 aromatic heterocycles. The molecule has 1 heterocycles. The molecule has 1 unspecified atom stereocenters. The number of ether oxygens (including phenoxy) is 1. The van der Waals surface area contributed by atoms with Gasteiger partial charge < -0.3 is 10.1 Å². The Morgan fingerprint density at radius 2 is 2.17 bits per heavy atom. The Hall–Kier alpha value is -1.00. The lowest BCUT2D eigenvalue weighted by Gasteiger charge is -2.21.